The molecule has 1 heteroatoms. The molecular formula is C12H25N. The third-order valence-corrected chi connectivity index (χ3v) is 4.39. The molecule has 2 atom stereocenters. The first kappa shape index (κ1) is 11.0. The minimum atomic E-state index is 0.0833. The molecule has 1 aliphatic rings. The predicted molar refractivity (Wildman–Crippen MR) is 58.6 cm³/mol. The summed E-state index contributed by atoms with van der Waals surface area (Å²) in [5.74, 6) is 0.655. The van der Waals surface area contributed by atoms with Crippen LogP contribution in [0.4, 0.5) is 0 Å². The van der Waals surface area contributed by atoms with Crippen molar-refractivity contribution >= 4 is 0 Å². The SMILES string of the molecule is CCC(C)C1(N)CCCCC1(C)C. The van der Waals surface area contributed by atoms with Crippen LogP contribution < -0.4 is 5.73 Å². The molecule has 1 rings (SSSR count). The van der Waals surface area contributed by atoms with Crippen LogP contribution in [0.2, 0.25) is 0 Å². The van der Waals surface area contributed by atoms with Crippen LogP contribution in [-0.2, 0) is 0 Å². The van der Waals surface area contributed by atoms with Gasteiger partial charge in [-0.05, 0) is 24.2 Å². The average Bonchev–Trinajstić information content (AvgIpc) is 2.08. The highest BCUT2D eigenvalue weighted by Crippen LogP contribution is 2.46. The topological polar surface area (TPSA) is 26.0 Å². The zero-order chi connectivity index (χ0) is 10.1. The van der Waals surface area contributed by atoms with Crippen LogP contribution in [0.5, 0.6) is 0 Å². The lowest BCUT2D eigenvalue weighted by Crippen LogP contribution is -2.58. The van der Waals surface area contributed by atoms with Crippen molar-refractivity contribution in [1.82, 2.24) is 0 Å². The highest BCUT2D eigenvalue weighted by molar-refractivity contribution is 5.02. The Bertz CT molecular complexity index is 174. The molecule has 0 spiro atoms. The largest absolute Gasteiger partial charge is 0.324 e. The Morgan fingerprint density at radius 2 is 1.77 bits per heavy atom. The monoisotopic (exact) mass is 183 g/mol. The molecule has 0 aromatic rings. The van der Waals surface area contributed by atoms with E-state index >= 15 is 0 Å². The molecule has 2 unspecified atom stereocenters. The molecule has 1 saturated carbocycles. The number of rotatable bonds is 2. The minimum absolute atomic E-state index is 0.0833. The molecular weight excluding hydrogens is 158 g/mol. The summed E-state index contributed by atoms with van der Waals surface area (Å²) in [5.41, 5.74) is 7.01. The molecule has 0 bridgehead atoms. The second-order valence-electron chi connectivity index (χ2n) is 5.44. The number of hydrogen-bond donors (Lipinski definition) is 1. The molecule has 0 saturated heterocycles. The van der Waals surface area contributed by atoms with Crippen molar-refractivity contribution in [3.8, 4) is 0 Å². The molecule has 0 heterocycles. The van der Waals surface area contributed by atoms with E-state index in [-0.39, 0.29) is 5.54 Å². The van der Waals surface area contributed by atoms with Crippen molar-refractivity contribution in [3.63, 3.8) is 0 Å². The van der Waals surface area contributed by atoms with Gasteiger partial charge >= 0.3 is 0 Å². The van der Waals surface area contributed by atoms with Crippen molar-refractivity contribution in [2.75, 3.05) is 0 Å². The van der Waals surface area contributed by atoms with Gasteiger partial charge in [-0.1, -0.05) is 47.0 Å². The molecule has 0 amide bonds. The van der Waals surface area contributed by atoms with Crippen LogP contribution in [-0.4, -0.2) is 5.54 Å². The molecule has 1 nitrogen and oxygen atoms in total. The average molecular weight is 183 g/mol. The van der Waals surface area contributed by atoms with Gasteiger partial charge in [0.2, 0.25) is 0 Å². The van der Waals surface area contributed by atoms with Crippen molar-refractivity contribution in [3.05, 3.63) is 0 Å². The van der Waals surface area contributed by atoms with Crippen LogP contribution >= 0.6 is 0 Å². The zero-order valence-corrected chi connectivity index (χ0v) is 9.69. The Morgan fingerprint density at radius 3 is 2.23 bits per heavy atom. The van der Waals surface area contributed by atoms with Crippen LogP contribution in [0.3, 0.4) is 0 Å². The van der Waals surface area contributed by atoms with Gasteiger partial charge in [0.1, 0.15) is 0 Å². The smallest absolute Gasteiger partial charge is 0.0231 e. The van der Waals surface area contributed by atoms with E-state index in [4.69, 9.17) is 5.73 Å². The van der Waals surface area contributed by atoms with Crippen molar-refractivity contribution in [2.45, 2.75) is 65.3 Å². The highest BCUT2D eigenvalue weighted by atomic mass is 14.8. The minimum Gasteiger partial charge on any atom is -0.324 e. The Kier molecular flexibility index (Phi) is 3.06. The van der Waals surface area contributed by atoms with Gasteiger partial charge in [0.25, 0.3) is 0 Å². The van der Waals surface area contributed by atoms with Crippen molar-refractivity contribution < 1.29 is 0 Å². The van der Waals surface area contributed by atoms with E-state index in [1.807, 2.05) is 0 Å². The lowest BCUT2D eigenvalue weighted by molar-refractivity contribution is 0.0492. The van der Waals surface area contributed by atoms with Crippen LogP contribution in [0.1, 0.15) is 59.8 Å². The Hall–Kier alpha value is -0.0400. The molecule has 0 aliphatic heterocycles. The van der Waals surface area contributed by atoms with Gasteiger partial charge in [-0.2, -0.15) is 0 Å². The predicted octanol–water partition coefficient (Wildman–Crippen LogP) is 3.33. The Morgan fingerprint density at radius 1 is 1.23 bits per heavy atom. The first-order valence-electron chi connectivity index (χ1n) is 5.73. The third-order valence-electron chi connectivity index (χ3n) is 4.39. The van der Waals surface area contributed by atoms with E-state index in [2.05, 4.69) is 27.7 Å². The first-order valence-corrected chi connectivity index (χ1v) is 5.73. The van der Waals surface area contributed by atoms with Gasteiger partial charge in [-0.15, -0.1) is 0 Å². The van der Waals surface area contributed by atoms with Gasteiger partial charge in [0.15, 0.2) is 0 Å². The van der Waals surface area contributed by atoms with Gasteiger partial charge in [0, 0.05) is 5.54 Å². The lowest BCUT2D eigenvalue weighted by atomic mass is 9.58. The second kappa shape index (κ2) is 3.61. The molecule has 1 aliphatic carbocycles. The van der Waals surface area contributed by atoms with Gasteiger partial charge in [0.05, 0.1) is 0 Å². The highest BCUT2D eigenvalue weighted by Gasteiger charge is 2.46. The van der Waals surface area contributed by atoms with Gasteiger partial charge in [-0.25, -0.2) is 0 Å². The summed E-state index contributed by atoms with van der Waals surface area (Å²) in [6, 6.07) is 0. The summed E-state index contributed by atoms with van der Waals surface area (Å²) in [4.78, 5) is 0. The molecule has 1 fully saturated rings. The third kappa shape index (κ3) is 1.76. The van der Waals surface area contributed by atoms with E-state index in [0.717, 1.165) is 0 Å². The van der Waals surface area contributed by atoms with E-state index in [0.29, 0.717) is 11.3 Å². The van der Waals surface area contributed by atoms with Crippen molar-refractivity contribution in [1.29, 1.82) is 0 Å². The van der Waals surface area contributed by atoms with E-state index in [1.165, 1.54) is 32.1 Å². The molecule has 78 valence electrons. The summed E-state index contributed by atoms with van der Waals surface area (Å²) in [6.45, 7) is 9.26. The maximum atomic E-state index is 6.59. The van der Waals surface area contributed by atoms with Crippen LogP contribution in [0, 0.1) is 11.3 Å². The van der Waals surface area contributed by atoms with E-state index < -0.39 is 0 Å². The number of hydrogen-bond acceptors (Lipinski definition) is 1. The normalized spacial score (nSPS) is 35.8. The van der Waals surface area contributed by atoms with Crippen molar-refractivity contribution in [2.24, 2.45) is 17.1 Å². The Balaban J connectivity index is 2.83. The fourth-order valence-corrected chi connectivity index (χ4v) is 2.83. The van der Waals surface area contributed by atoms with Crippen LogP contribution in [0.15, 0.2) is 0 Å². The standard InChI is InChI=1S/C12H25N/c1-5-10(2)12(13)9-7-6-8-11(12,3)4/h10H,5-9,13H2,1-4H3. The fourth-order valence-electron chi connectivity index (χ4n) is 2.83. The zero-order valence-electron chi connectivity index (χ0n) is 9.69. The van der Waals surface area contributed by atoms with E-state index in [9.17, 15) is 0 Å². The quantitative estimate of drug-likeness (QED) is 0.698. The molecule has 2 N–H and O–H groups in total. The molecule has 0 aromatic heterocycles. The summed E-state index contributed by atoms with van der Waals surface area (Å²) in [5, 5.41) is 0. The molecule has 13 heavy (non-hydrogen) atoms. The molecule has 0 radical (unpaired) electrons. The fraction of sp³-hybridized carbons (Fsp3) is 1.00. The lowest BCUT2D eigenvalue weighted by Gasteiger charge is -2.51. The second-order valence-corrected chi connectivity index (χ2v) is 5.44. The Labute approximate surface area is 83.1 Å². The first-order chi connectivity index (χ1) is 5.94. The molecule has 0 aromatic carbocycles. The maximum Gasteiger partial charge on any atom is 0.0231 e. The van der Waals surface area contributed by atoms with Gasteiger partial charge < -0.3 is 5.73 Å². The summed E-state index contributed by atoms with van der Waals surface area (Å²) >= 11 is 0. The summed E-state index contributed by atoms with van der Waals surface area (Å²) < 4.78 is 0. The van der Waals surface area contributed by atoms with Crippen LogP contribution in [0.25, 0.3) is 0 Å². The summed E-state index contributed by atoms with van der Waals surface area (Å²) in [6.07, 6.45) is 6.41. The van der Waals surface area contributed by atoms with Gasteiger partial charge in [-0.3, -0.25) is 0 Å². The number of nitrogens with two attached hydrogens (primary N) is 1. The summed E-state index contributed by atoms with van der Waals surface area (Å²) in [7, 11) is 0. The maximum absolute atomic E-state index is 6.59. The van der Waals surface area contributed by atoms with E-state index in [1.54, 1.807) is 0 Å².